The van der Waals surface area contributed by atoms with Gasteiger partial charge in [-0.2, -0.15) is 4.98 Å². The first-order valence-electron chi connectivity index (χ1n) is 9.10. The SMILES string of the molecule is COCc1nc(OC)c2c(C)c(C(=O)Nc3cccc(-c4nncn4C)c3)sc2n1. The zero-order valence-corrected chi connectivity index (χ0v) is 17.8. The normalized spacial score (nSPS) is 11.1. The number of hydrogen-bond donors (Lipinski definition) is 1. The predicted octanol–water partition coefficient (Wildman–Crippen LogP) is 3.20. The second-order valence-electron chi connectivity index (χ2n) is 6.62. The molecular weight excluding hydrogens is 404 g/mol. The van der Waals surface area contributed by atoms with Crippen LogP contribution >= 0.6 is 11.3 Å². The summed E-state index contributed by atoms with van der Waals surface area (Å²) in [4.78, 5) is 23.2. The number of aromatic nitrogens is 5. The van der Waals surface area contributed by atoms with Gasteiger partial charge in [0.25, 0.3) is 5.91 Å². The lowest BCUT2D eigenvalue weighted by molar-refractivity contribution is 0.103. The zero-order valence-electron chi connectivity index (χ0n) is 17.0. The molecule has 0 radical (unpaired) electrons. The summed E-state index contributed by atoms with van der Waals surface area (Å²) in [5, 5.41) is 11.7. The molecule has 0 fully saturated rings. The van der Waals surface area contributed by atoms with E-state index in [-0.39, 0.29) is 12.5 Å². The summed E-state index contributed by atoms with van der Waals surface area (Å²) in [6.07, 6.45) is 1.63. The van der Waals surface area contributed by atoms with Crippen LogP contribution < -0.4 is 10.1 Å². The molecule has 4 rings (SSSR count). The fourth-order valence-electron chi connectivity index (χ4n) is 3.17. The zero-order chi connectivity index (χ0) is 21.3. The first-order valence-corrected chi connectivity index (χ1v) is 9.92. The molecule has 4 aromatic rings. The minimum absolute atomic E-state index is 0.221. The number of anilines is 1. The molecule has 0 aliphatic carbocycles. The molecule has 0 unspecified atom stereocenters. The smallest absolute Gasteiger partial charge is 0.266 e. The second-order valence-corrected chi connectivity index (χ2v) is 7.62. The van der Waals surface area contributed by atoms with Crippen molar-refractivity contribution in [3.63, 3.8) is 0 Å². The minimum atomic E-state index is -0.221. The number of nitrogens with zero attached hydrogens (tertiary/aromatic N) is 5. The van der Waals surface area contributed by atoms with E-state index >= 15 is 0 Å². The van der Waals surface area contributed by atoms with Crippen molar-refractivity contribution in [2.45, 2.75) is 13.5 Å². The molecule has 3 heterocycles. The van der Waals surface area contributed by atoms with Crippen molar-refractivity contribution in [3.05, 3.63) is 46.9 Å². The second kappa shape index (κ2) is 8.17. The van der Waals surface area contributed by atoms with Crippen LogP contribution in [0.25, 0.3) is 21.6 Å². The Morgan fingerprint density at radius 1 is 1.27 bits per heavy atom. The average molecular weight is 424 g/mol. The highest BCUT2D eigenvalue weighted by molar-refractivity contribution is 7.20. The summed E-state index contributed by atoms with van der Waals surface area (Å²) in [5.74, 6) is 1.44. The van der Waals surface area contributed by atoms with E-state index in [9.17, 15) is 4.79 Å². The number of thiophene rings is 1. The van der Waals surface area contributed by atoms with Gasteiger partial charge in [-0.1, -0.05) is 12.1 Å². The lowest BCUT2D eigenvalue weighted by Gasteiger charge is -2.07. The summed E-state index contributed by atoms with van der Waals surface area (Å²) in [7, 11) is 4.99. The van der Waals surface area contributed by atoms with Crippen molar-refractivity contribution in [2.75, 3.05) is 19.5 Å². The number of nitrogens with one attached hydrogen (secondary N) is 1. The number of carbonyl (C=O) groups is 1. The van der Waals surface area contributed by atoms with E-state index in [0.717, 1.165) is 22.3 Å². The Labute approximate surface area is 176 Å². The average Bonchev–Trinajstić information content (AvgIpc) is 3.31. The Balaban J connectivity index is 1.67. The van der Waals surface area contributed by atoms with Crippen LogP contribution in [-0.4, -0.2) is 44.9 Å². The van der Waals surface area contributed by atoms with Crippen LogP contribution in [0.3, 0.4) is 0 Å². The van der Waals surface area contributed by atoms with Gasteiger partial charge in [0.2, 0.25) is 5.88 Å². The van der Waals surface area contributed by atoms with Gasteiger partial charge in [0, 0.05) is 25.4 Å². The molecule has 9 nitrogen and oxygen atoms in total. The molecule has 154 valence electrons. The number of amides is 1. The fourth-order valence-corrected chi connectivity index (χ4v) is 4.26. The third-order valence-electron chi connectivity index (χ3n) is 4.57. The highest BCUT2D eigenvalue weighted by Crippen LogP contribution is 2.35. The van der Waals surface area contributed by atoms with Crippen LogP contribution in [0.4, 0.5) is 5.69 Å². The first-order chi connectivity index (χ1) is 14.5. The van der Waals surface area contributed by atoms with Crippen molar-refractivity contribution in [1.29, 1.82) is 0 Å². The number of ether oxygens (including phenoxy) is 2. The van der Waals surface area contributed by atoms with E-state index in [2.05, 4.69) is 25.5 Å². The van der Waals surface area contributed by atoms with E-state index in [0.29, 0.717) is 27.1 Å². The topological polar surface area (TPSA) is 104 Å². The molecule has 3 aromatic heterocycles. The van der Waals surface area contributed by atoms with Crippen molar-refractivity contribution in [1.82, 2.24) is 24.7 Å². The molecule has 0 aliphatic heterocycles. The maximum Gasteiger partial charge on any atom is 0.266 e. The van der Waals surface area contributed by atoms with Crippen molar-refractivity contribution >= 4 is 33.1 Å². The lowest BCUT2D eigenvalue weighted by atomic mass is 10.1. The van der Waals surface area contributed by atoms with Gasteiger partial charge in [-0.15, -0.1) is 21.5 Å². The molecule has 0 saturated carbocycles. The predicted molar refractivity (Wildman–Crippen MR) is 114 cm³/mol. The summed E-state index contributed by atoms with van der Waals surface area (Å²) in [6.45, 7) is 2.13. The third-order valence-corrected chi connectivity index (χ3v) is 5.75. The Morgan fingerprint density at radius 3 is 2.80 bits per heavy atom. The number of methoxy groups -OCH3 is 2. The Morgan fingerprint density at radius 2 is 2.10 bits per heavy atom. The van der Waals surface area contributed by atoms with Gasteiger partial charge in [-0.25, -0.2) is 4.98 Å². The first kappa shape index (κ1) is 19.9. The summed E-state index contributed by atoms with van der Waals surface area (Å²) < 4.78 is 12.4. The van der Waals surface area contributed by atoms with Crippen LogP contribution in [-0.2, 0) is 18.4 Å². The van der Waals surface area contributed by atoms with E-state index in [1.165, 1.54) is 11.3 Å². The van der Waals surface area contributed by atoms with E-state index in [4.69, 9.17) is 9.47 Å². The molecule has 0 atom stereocenters. The standard InChI is InChI=1S/C20H20N6O3S/c1-11-15-19(29-4)23-14(9-28-3)24-20(15)30-16(11)18(27)22-13-7-5-6-12(8-13)17-25-21-10-26(17)2/h5-8,10H,9H2,1-4H3,(H,22,27). The van der Waals surface area contributed by atoms with E-state index < -0.39 is 0 Å². The summed E-state index contributed by atoms with van der Waals surface area (Å²) in [5.41, 5.74) is 2.30. The van der Waals surface area contributed by atoms with Gasteiger partial charge in [0.1, 0.15) is 17.8 Å². The Hall–Kier alpha value is -3.37. The van der Waals surface area contributed by atoms with Gasteiger partial charge >= 0.3 is 0 Å². The summed E-state index contributed by atoms with van der Waals surface area (Å²) in [6, 6.07) is 7.48. The number of fused-ring (bicyclic) bond motifs is 1. The Kier molecular flexibility index (Phi) is 5.42. The van der Waals surface area contributed by atoms with E-state index in [1.54, 1.807) is 20.5 Å². The van der Waals surface area contributed by atoms with Crippen LogP contribution in [0.15, 0.2) is 30.6 Å². The maximum atomic E-state index is 13.0. The summed E-state index contributed by atoms with van der Waals surface area (Å²) >= 11 is 1.30. The Bertz CT molecular complexity index is 1230. The number of carbonyl (C=O) groups excluding carboxylic acids is 1. The van der Waals surface area contributed by atoms with Crippen LogP contribution in [0, 0.1) is 6.92 Å². The molecule has 0 bridgehead atoms. The van der Waals surface area contributed by atoms with E-state index in [1.807, 2.05) is 42.8 Å². The van der Waals surface area contributed by atoms with Crippen molar-refractivity contribution in [3.8, 4) is 17.3 Å². The molecule has 1 amide bonds. The molecule has 30 heavy (non-hydrogen) atoms. The van der Waals surface area contributed by atoms with Crippen LogP contribution in [0.1, 0.15) is 21.1 Å². The van der Waals surface area contributed by atoms with Gasteiger partial charge in [-0.05, 0) is 24.6 Å². The van der Waals surface area contributed by atoms with Gasteiger partial charge in [-0.3, -0.25) is 4.79 Å². The quantitative estimate of drug-likeness (QED) is 0.507. The van der Waals surface area contributed by atoms with Crippen LogP contribution in [0.5, 0.6) is 5.88 Å². The maximum absolute atomic E-state index is 13.0. The van der Waals surface area contributed by atoms with Gasteiger partial charge < -0.3 is 19.4 Å². The molecule has 0 aliphatic rings. The monoisotopic (exact) mass is 424 g/mol. The largest absolute Gasteiger partial charge is 0.480 e. The lowest BCUT2D eigenvalue weighted by Crippen LogP contribution is -2.11. The molecule has 1 aromatic carbocycles. The highest BCUT2D eigenvalue weighted by Gasteiger charge is 2.21. The van der Waals surface area contributed by atoms with Crippen LogP contribution in [0.2, 0.25) is 0 Å². The molecule has 1 N–H and O–H groups in total. The van der Waals surface area contributed by atoms with Crippen molar-refractivity contribution < 1.29 is 14.3 Å². The number of rotatable bonds is 6. The minimum Gasteiger partial charge on any atom is -0.480 e. The third kappa shape index (κ3) is 3.62. The molecule has 0 saturated heterocycles. The molecule has 10 heteroatoms. The number of benzene rings is 1. The number of hydrogen-bond acceptors (Lipinski definition) is 8. The molecular formula is C20H20N6O3S. The van der Waals surface area contributed by atoms with Crippen molar-refractivity contribution in [2.24, 2.45) is 7.05 Å². The number of aryl methyl sites for hydroxylation is 2. The van der Waals surface area contributed by atoms with Gasteiger partial charge in [0.05, 0.1) is 17.4 Å². The molecule has 0 spiro atoms. The fraction of sp³-hybridized carbons (Fsp3) is 0.250. The van der Waals surface area contributed by atoms with Gasteiger partial charge in [0.15, 0.2) is 11.6 Å². The highest BCUT2D eigenvalue weighted by atomic mass is 32.1.